The second-order valence-corrected chi connectivity index (χ2v) is 9.96. The number of rotatable bonds is 6. The predicted molar refractivity (Wildman–Crippen MR) is 108 cm³/mol. The third-order valence-electron chi connectivity index (χ3n) is 4.37. The van der Waals surface area contributed by atoms with Crippen LogP contribution in [-0.4, -0.2) is 64.0 Å². The van der Waals surface area contributed by atoms with Crippen molar-refractivity contribution in [1.82, 2.24) is 9.21 Å². The molecular formula is C18H21ClN2O5S2. The zero-order chi connectivity index (χ0) is 20.3. The van der Waals surface area contributed by atoms with Crippen LogP contribution in [0.2, 0.25) is 4.34 Å². The van der Waals surface area contributed by atoms with E-state index in [0.717, 1.165) is 4.88 Å². The lowest BCUT2D eigenvalue weighted by atomic mass is 10.2. The van der Waals surface area contributed by atoms with Crippen molar-refractivity contribution < 1.29 is 22.7 Å². The molecule has 1 aromatic heterocycles. The molecule has 3 rings (SSSR count). The third kappa shape index (κ3) is 4.49. The molecule has 0 radical (unpaired) electrons. The number of hydrogen-bond donors (Lipinski definition) is 0. The molecule has 28 heavy (non-hydrogen) atoms. The predicted octanol–water partition coefficient (Wildman–Crippen LogP) is 2.70. The number of morpholine rings is 1. The summed E-state index contributed by atoms with van der Waals surface area (Å²) in [5, 5.41) is 0. The van der Waals surface area contributed by atoms with E-state index in [1.807, 2.05) is 6.07 Å². The molecule has 152 valence electrons. The summed E-state index contributed by atoms with van der Waals surface area (Å²) in [5.74, 6) is -0.0821. The van der Waals surface area contributed by atoms with Crippen LogP contribution in [0, 0.1) is 0 Å². The fourth-order valence-corrected chi connectivity index (χ4v) is 5.63. The van der Waals surface area contributed by atoms with Crippen molar-refractivity contribution in [3.05, 3.63) is 45.1 Å². The summed E-state index contributed by atoms with van der Waals surface area (Å²) in [6, 6.07) is 8.09. The van der Waals surface area contributed by atoms with Crippen LogP contribution < -0.4 is 4.74 Å². The molecule has 0 unspecified atom stereocenters. The maximum Gasteiger partial charge on any atom is 0.253 e. The summed E-state index contributed by atoms with van der Waals surface area (Å²) in [7, 11) is -0.732. The maximum atomic E-state index is 13.1. The van der Waals surface area contributed by atoms with Crippen molar-refractivity contribution in [2.24, 2.45) is 0 Å². The number of hydrogen-bond acceptors (Lipinski definition) is 6. The number of methoxy groups -OCH3 is 1. The van der Waals surface area contributed by atoms with Crippen molar-refractivity contribution in [2.75, 3.05) is 40.5 Å². The number of ether oxygens (including phenoxy) is 2. The maximum absolute atomic E-state index is 13.1. The van der Waals surface area contributed by atoms with Gasteiger partial charge in [-0.2, -0.15) is 4.31 Å². The van der Waals surface area contributed by atoms with Crippen molar-refractivity contribution >= 4 is 38.9 Å². The van der Waals surface area contributed by atoms with Gasteiger partial charge in [-0.15, -0.1) is 11.3 Å². The minimum absolute atomic E-state index is 0.0182. The average molecular weight is 445 g/mol. The number of benzene rings is 1. The average Bonchev–Trinajstić information content (AvgIpc) is 3.12. The lowest BCUT2D eigenvalue weighted by Gasteiger charge is -2.27. The highest BCUT2D eigenvalue weighted by molar-refractivity contribution is 7.89. The molecule has 0 atom stereocenters. The van der Waals surface area contributed by atoms with Crippen LogP contribution in [0.25, 0.3) is 0 Å². The van der Waals surface area contributed by atoms with Crippen molar-refractivity contribution in [3.8, 4) is 5.75 Å². The Labute approximate surface area is 173 Å². The molecule has 0 N–H and O–H groups in total. The number of carbonyl (C=O) groups excluding carboxylic acids is 1. The van der Waals surface area contributed by atoms with Crippen molar-refractivity contribution in [3.63, 3.8) is 0 Å². The molecule has 0 aliphatic carbocycles. The zero-order valence-electron chi connectivity index (χ0n) is 15.6. The molecule has 1 aliphatic heterocycles. The summed E-state index contributed by atoms with van der Waals surface area (Å²) < 4.78 is 38.6. The molecule has 1 amide bonds. The lowest BCUT2D eigenvalue weighted by molar-refractivity contribution is 0.0729. The topological polar surface area (TPSA) is 76.2 Å². The van der Waals surface area contributed by atoms with Crippen LogP contribution in [-0.2, 0) is 21.3 Å². The molecule has 1 saturated heterocycles. The van der Waals surface area contributed by atoms with Gasteiger partial charge in [0.15, 0.2) is 0 Å². The van der Waals surface area contributed by atoms with Gasteiger partial charge in [0.1, 0.15) is 10.6 Å². The minimum Gasteiger partial charge on any atom is -0.495 e. The van der Waals surface area contributed by atoms with Crippen LogP contribution in [0.15, 0.2) is 35.2 Å². The number of thiophene rings is 1. The van der Waals surface area contributed by atoms with Gasteiger partial charge in [-0.3, -0.25) is 4.79 Å². The van der Waals surface area contributed by atoms with E-state index in [0.29, 0.717) is 24.1 Å². The molecule has 1 fully saturated rings. The van der Waals surface area contributed by atoms with Gasteiger partial charge in [0.2, 0.25) is 10.0 Å². The van der Waals surface area contributed by atoms with Crippen LogP contribution in [0.3, 0.4) is 0 Å². The number of amides is 1. The zero-order valence-corrected chi connectivity index (χ0v) is 17.9. The Morgan fingerprint density at radius 2 is 2.00 bits per heavy atom. The van der Waals surface area contributed by atoms with E-state index < -0.39 is 10.0 Å². The van der Waals surface area contributed by atoms with Gasteiger partial charge in [-0.05, 0) is 30.3 Å². The Morgan fingerprint density at radius 3 is 2.61 bits per heavy atom. The highest BCUT2D eigenvalue weighted by Crippen LogP contribution is 2.29. The monoisotopic (exact) mass is 444 g/mol. The van der Waals surface area contributed by atoms with Gasteiger partial charge in [-0.25, -0.2) is 8.42 Å². The van der Waals surface area contributed by atoms with E-state index in [2.05, 4.69) is 0 Å². The minimum atomic E-state index is -3.80. The Bertz CT molecular complexity index is 955. The SMILES string of the molecule is COc1ccc(C(=O)N(C)Cc2ccc(Cl)s2)cc1S(=O)(=O)N1CCOCC1. The van der Waals surface area contributed by atoms with Gasteiger partial charge in [0.25, 0.3) is 5.91 Å². The van der Waals surface area contributed by atoms with E-state index in [1.54, 1.807) is 19.2 Å². The second-order valence-electron chi connectivity index (χ2n) is 6.25. The summed E-state index contributed by atoms with van der Waals surface area (Å²) in [6.07, 6.45) is 0. The molecule has 7 nitrogen and oxygen atoms in total. The normalized spacial score (nSPS) is 15.4. The van der Waals surface area contributed by atoms with Crippen LogP contribution >= 0.6 is 22.9 Å². The first-order valence-corrected chi connectivity index (χ1v) is 11.2. The first-order chi connectivity index (χ1) is 13.3. The van der Waals surface area contributed by atoms with E-state index >= 15 is 0 Å². The van der Waals surface area contributed by atoms with Gasteiger partial charge in [0, 0.05) is 30.6 Å². The van der Waals surface area contributed by atoms with Crippen molar-refractivity contribution in [2.45, 2.75) is 11.4 Å². The van der Waals surface area contributed by atoms with Crippen LogP contribution in [0.4, 0.5) is 0 Å². The largest absolute Gasteiger partial charge is 0.495 e. The van der Waals surface area contributed by atoms with Crippen LogP contribution in [0.5, 0.6) is 5.75 Å². The molecule has 2 heterocycles. The molecule has 1 aromatic carbocycles. The first kappa shape index (κ1) is 21.1. The lowest BCUT2D eigenvalue weighted by Crippen LogP contribution is -2.40. The molecule has 10 heteroatoms. The van der Waals surface area contributed by atoms with Gasteiger partial charge in [0.05, 0.1) is 31.2 Å². The van der Waals surface area contributed by atoms with Gasteiger partial charge in [-0.1, -0.05) is 11.6 Å². The number of carbonyl (C=O) groups is 1. The van der Waals surface area contributed by atoms with E-state index in [-0.39, 0.29) is 35.2 Å². The quantitative estimate of drug-likeness (QED) is 0.684. The molecule has 0 saturated carbocycles. The number of halogens is 1. The first-order valence-electron chi connectivity index (χ1n) is 8.58. The molecular weight excluding hydrogens is 424 g/mol. The van der Waals surface area contributed by atoms with Crippen LogP contribution in [0.1, 0.15) is 15.2 Å². The Balaban J connectivity index is 1.88. The van der Waals surface area contributed by atoms with Crippen molar-refractivity contribution in [1.29, 1.82) is 0 Å². The Morgan fingerprint density at radius 1 is 1.29 bits per heavy atom. The standard InChI is InChI=1S/C18H21ClN2O5S2/c1-20(12-14-4-6-17(19)27-14)18(22)13-3-5-15(25-2)16(11-13)28(23,24)21-7-9-26-10-8-21/h3-6,11H,7-10,12H2,1-2H3. The van der Waals surface area contributed by atoms with E-state index in [9.17, 15) is 13.2 Å². The summed E-state index contributed by atoms with van der Waals surface area (Å²) in [4.78, 5) is 15.3. The van der Waals surface area contributed by atoms with E-state index in [1.165, 1.54) is 39.8 Å². The summed E-state index contributed by atoms with van der Waals surface area (Å²) in [5.41, 5.74) is 0.276. The van der Waals surface area contributed by atoms with Gasteiger partial charge >= 0.3 is 0 Å². The summed E-state index contributed by atoms with van der Waals surface area (Å²) >= 11 is 7.34. The summed E-state index contributed by atoms with van der Waals surface area (Å²) in [6.45, 7) is 1.59. The molecule has 2 aromatic rings. The number of nitrogens with zero attached hydrogens (tertiary/aromatic N) is 2. The molecule has 0 spiro atoms. The fourth-order valence-electron chi connectivity index (χ4n) is 2.90. The number of sulfonamides is 1. The molecule has 1 aliphatic rings. The smallest absolute Gasteiger partial charge is 0.253 e. The third-order valence-corrected chi connectivity index (χ3v) is 7.50. The fraction of sp³-hybridized carbons (Fsp3) is 0.389. The highest BCUT2D eigenvalue weighted by atomic mass is 35.5. The van der Waals surface area contributed by atoms with E-state index in [4.69, 9.17) is 21.1 Å². The molecule has 0 bridgehead atoms. The second kappa shape index (κ2) is 8.79. The Hall–Kier alpha value is -1.65. The highest BCUT2D eigenvalue weighted by Gasteiger charge is 2.30. The Kier molecular flexibility index (Phi) is 6.61. The van der Waals surface area contributed by atoms with Gasteiger partial charge < -0.3 is 14.4 Å².